The van der Waals surface area contributed by atoms with Crippen LogP contribution in [0.2, 0.25) is 0 Å². The minimum Gasteiger partial charge on any atom is -0.304 e. The summed E-state index contributed by atoms with van der Waals surface area (Å²) in [5, 5.41) is 8.20. The van der Waals surface area contributed by atoms with Crippen LogP contribution in [-0.2, 0) is 10.0 Å². The van der Waals surface area contributed by atoms with Gasteiger partial charge in [0.05, 0.1) is 17.5 Å². The monoisotopic (exact) mass is 291 g/mol. The summed E-state index contributed by atoms with van der Waals surface area (Å²) in [5.74, 6) is -0.108. The van der Waals surface area contributed by atoms with Crippen molar-refractivity contribution in [2.45, 2.75) is 6.04 Å². The van der Waals surface area contributed by atoms with Crippen LogP contribution in [0.3, 0.4) is 0 Å². The van der Waals surface area contributed by atoms with Crippen molar-refractivity contribution < 1.29 is 8.42 Å². The van der Waals surface area contributed by atoms with Gasteiger partial charge in [0.1, 0.15) is 0 Å². The zero-order valence-corrected chi connectivity index (χ0v) is 11.8. The number of nitrogens with two attached hydrogens (primary N) is 1. The van der Waals surface area contributed by atoms with Crippen molar-refractivity contribution in [3.63, 3.8) is 0 Å². The molecule has 0 saturated heterocycles. The van der Waals surface area contributed by atoms with Crippen molar-refractivity contribution >= 4 is 10.0 Å². The molecule has 1 unspecified atom stereocenters. The zero-order valence-electron chi connectivity index (χ0n) is 10.9. The van der Waals surface area contributed by atoms with Gasteiger partial charge in [0.2, 0.25) is 10.0 Å². The molecule has 1 heterocycles. The Morgan fingerprint density at radius 3 is 2.40 bits per heavy atom. The summed E-state index contributed by atoms with van der Waals surface area (Å²) >= 11 is 0. The van der Waals surface area contributed by atoms with E-state index in [9.17, 15) is 8.42 Å². The van der Waals surface area contributed by atoms with Crippen LogP contribution in [0, 0.1) is 0 Å². The topological polar surface area (TPSA) is 85.1 Å². The van der Waals surface area contributed by atoms with Crippen LogP contribution < -0.4 is 10.5 Å². The van der Waals surface area contributed by atoms with Crippen LogP contribution in [0.1, 0.15) is 17.3 Å². The van der Waals surface area contributed by atoms with E-state index in [0.29, 0.717) is 0 Å². The van der Waals surface area contributed by atoms with Crippen LogP contribution in [0.5, 0.6) is 0 Å². The molecule has 0 spiro atoms. The number of aromatic nitrogens is 1. The SMILES string of the molecule is NS(=O)(=O)CCNC(c1ccccc1)c1ccccn1. The molecule has 0 aliphatic rings. The molecule has 0 aliphatic carbocycles. The molecule has 0 bridgehead atoms. The van der Waals surface area contributed by atoms with Crippen LogP contribution in [-0.4, -0.2) is 25.7 Å². The highest BCUT2D eigenvalue weighted by atomic mass is 32.2. The molecule has 6 heteroatoms. The van der Waals surface area contributed by atoms with E-state index in [-0.39, 0.29) is 18.3 Å². The van der Waals surface area contributed by atoms with Crippen LogP contribution >= 0.6 is 0 Å². The zero-order chi connectivity index (χ0) is 14.4. The van der Waals surface area contributed by atoms with Gasteiger partial charge in [-0.05, 0) is 17.7 Å². The lowest BCUT2D eigenvalue weighted by molar-refractivity contribution is 0.580. The largest absolute Gasteiger partial charge is 0.304 e. The lowest BCUT2D eigenvalue weighted by Crippen LogP contribution is -2.31. The molecule has 2 rings (SSSR count). The Morgan fingerprint density at radius 2 is 1.80 bits per heavy atom. The molecule has 0 saturated carbocycles. The fraction of sp³-hybridized carbons (Fsp3) is 0.214. The number of nitrogens with zero attached hydrogens (tertiary/aromatic N) is 1. The molecule has 5 nitrogen and oxygen atoms in total. The Balaban J connectivity index is 2.17. The van der Waals surface area contributed by atoms with Gasteiger partial charge in [-0.1, -0.05) is 36.4 Å². The first-order chi connectivity index (χ1) is 9.56. The third kappa shape index (κ3) is 4.41. The van der Waals surface area contributed by atoms with Gasteiger partial charge in [-0.3, -0.25) is 4.98 Å². The third-order valence-electron chi connectivity index (χ3n) is 2.85. The van der Waals surface area contributed by atoms with Crippen LogP contribution in [0.4, 0.5) is 0 Å². The minimum atomic E-state index is -3.47. The van der Waals surface area contributed by atoms with Crippen molar-refractivity contribution in [1.82, 2.24) is 10.3 Å². The van der Waals surface area contributed by atoms with Crippen molar-refractivity contribution in [2.24, 2.45) is 5.14 Å². The van der Waals surface area contributed by atoms with Crippen molar-refractivity contribution in [2.75, 3.05) is 12.3 Å². The van der Waals surface area contributed by atoms with Gasteiger partial charge < -0.3 is 5.32 Å². The lowest BCUT2D eigenvalue weighted by Gasteiger charge is -2.18. The van der Waals surface area contributed by atoms with E-state index in [0.717, 1.165) is 11.3 Å². The van der Waals surface area contributed by atoms with Gasteiger partial charge in [-0.2, -0.15) is 0 Å². The van der Waals surface area contributed by atoms with Gasteiger partial charge >= 0.3 is 0 Å². The van der Waals surface area contributed by atoms with E-state index >= 15 is 0 Å². The quantitative estimate of drug-likeness (QED) is 0.833. The standard InChI is InChI=1S/C14H17N3O2S/c15-20(18,19)11-10-17-14(12-6-2-1-3-7-12)13-8-4-5-9-16-13/h1-9,14,17H,10-11H2,(H2,15,18,19). The van der Waals surface area contributed by atoms with E-state index in [1.54, 1.807) is 6.20 Å². The third-order valence-corrected chi connectivity index (χ3v) is 3.62. The molecule has 1 aromatic carbocycles. The number of pyridine rings is 1. The summed E-state index contributed by atoms with van der Waals surface area (Å²) in [6, 6.07) is 15.3. The van der Waals surface area contributed by atoms with E-state index in [1.807, 2.05) is 48.5 Å². The highest BCUT2D eigenvalue weighted by Crippen LogP contribution is 2.19. The molecule has 3 N–H and O–H groups in total. The molecule has 2 aromatic rings. The van der Waals surface area contributed by atoms with E-state index < -0.39 is 10.0 Å². The minimum absolute atomic E-state index is 0.108. The van der Waals surface area contributed by atoms with Crippen LogP contribution in [0.25, 0.3) is 0 Å². The fourth-order valence-electron chi connectivity index (χ4n) is 1.93. The maximum Gasteiger partial charge on any atom is 0.210 e. The molecular formula is C14H17N3O2S. The molecule has 1 atom stereocenters. The molecule has 106 valence electrons. The maximum atomic E-state index is 11.0. The number of rotatable bonds is 6. The summed E-state index contributed by atoms with van der Waals surface area (Å²) in [6.45, 7) is 0.273. The molecule has 0 radical (unpaired) electrons. The van der Waals surface area contributed by atoms with Crippen molar-refractivity contribution in [3.05, 3.63) is 66.0 Å². The molecule has 20 heavy (non-hydrogen) atoms. The van der Waals surface area contributed by atoms with Crippen LogP contribution in [0.15, 0.2) is 54.7 Å². The van der Waals surface area contributed by atoms with Gasteiger partial charge in [0.15, 0.2) is 0 Å². The predicted octanol–water partition coefficient (Wildman–Crippen LogP) is 1.05. The fourth-order valence-corrected chi connectivity index (χ4v) is 2.33. The van der Waals surface area contributed by atoms with E-state index in [4.69, 9.17) is 5.14 Å². The number of nitrogens with one attached hydrogen (secondary N) is 1. The average molecular weight is 291 g/mol. The van der Waals surface area contributed by atoms with Gasteiger partial charge in [-0.25, -0.2) is 13.6 Å². The number of hydrogen-bond donors (Lipinski definition) is 2. The molecule has 0 fully saturated rings. The summed E-state index contributed by atoms with van der Waals surface area (Å²) in [7, 11) is -3.47. The first kappa shape index (κ1) is 14.6. The second-order valence-electron chi connectivity index (χ2n) is 4.42. The maximum absolute atomic E-state index is 11.0. The number of sulfonamides is 1. The average Bonchev–Trinajstić information content (AvgIpc) is 2.44. The first-order valence-electron chi connectivity index (χ1n) is 6.26. The van der Waals surface area contributed by atoms with Gasteiger partial charge in [0, 0.05) is 12.7 Å². The summed E-state index contributed by atoms with van der Waals surface area (Å²) < 4.78 is 22.0. The summed E-state index contributed by atoms with van der Waals surface area (Å²) in [4.78, 5) is 4.33. The highest BCUT2D eigenvalue weighted by molar-refractivity contribution is 7.89. The normalized spacial score (nSPS) is 13.1. The number of benzene rings is 1. The van der Waals surface area contributed by atoms with Gasteiger partial charge in [-0.15, -0.1) is 0 Å². The number of primary sulfonamides is 1. The molecule has 0 aliphatic heterocycles. The highest BCUT2D eigenvalue weighted by Gasteiger charge is 2.15. The second-order valence-corrected chi connectivity index (χ2v) is 6.15. The molecular weight excluding hydrogens is 274 g/mol. The van der Waals surface area contributed by atoms with Crippen molar-refractivity contribution in [1.29, 1.82) is 0 Å². The first-order valence-corrected chi connectivity index (χ1v) is 7.97. The predicted molar refractivity (Wildman–Crippen MR) is 78.5 cm³/mol. The smallest absolute Gasteiger partial charge is 0.210 e. The Bertz CT molecular complexity index is 590. The summed E-state index contributed by atoms with van der Waals surface area (Å²) in [5.41, 5.74) is 1.87. The lowest BCUT2D eigenvalue weighted by atomic mass is 10.0. The Kier molecular flexibility index (Phi) is 4.84. The Labute approximate surface area is 118 Å². The van der Waals surface area contributed by atoms with E-state index in [2.05, 4.69) is 10.3 Å². The van der Waals surface area contributed by atoms with Gasteiger partial charge in [0.25, 0.3) is 0 Å². The Hall–Kier alpha value is -1.76. The summed E-state index contributed by atoms with van der Waals surface area (Å²) in [6.07, 6.45) is 1.71. The van der Waals surface area contributed by atoms with E-state index in [1.165, 1.54) is 0 Å². The second kappa shape index (κ2) is 6.60. The Morgan fingerprint density at radius 1 is 1.10 bits per heavy atom. The molecule has 0 amide bonds. The van der Waals surface area contributed by atoms with Crippen molar-refractivity contribution in [3.8, 4) is 0 Å². The molecule has 1 aromatic heterocycles. The number of hydrogen-bond acceptors (Lipinski definition) is 4.